The largest absolute Gasteiger partial charge is 0.497 e. The van der Waals surface area contributed by atoms with Crippen molar-refractivity contribution in [1.29, 1.82) is 0 Å². The molecule has 24 heavy (non-hydrogen) atoms. The summed E-state index contributed by atoms with van der Waals surface area (Å²) >= 11 is 0. The lowest BCUT2D eigenvalue weighted by Gasteiger charge is -2.27. The van der Waals surface area contributed by atoms with E-state index in [0.29, 0.717) is 13.0 Å². The van der Waals surface area contributed by atoms with E-state index in [1.807, 2.05) is 24.3 Å². The number of amides is 2. The molecular weight excluding hydrogens is 308 g/mol. The monoisotopic (exact) mass is 334 g/mol. The van der Waals surface area contributed by atoms with E-state index in [4.69, 9.17) is 15.2 Å². The minimum atomic E-state index is -0.608. The van der Waals surface area contributed by atoms with Gasteiger partial charge in [0, 0.05) is 6.54 Å². The van der Waals surface area contributed by atoms with Gasteiger partial charge in [-0.15, -0.1) is 0 Å². The first-order valence-electron chi connectivity index (χ1n) is 8.11. The summed E-state index contributed by atoms with van der Waals surface area (Å²) in [5.41, 5.74) is 6.01. The zero-order valence-electron chi connectivity index (χ0n) is 14.7. The molecule has 2 amide bonds. The van der Waals surface area contributed by atoms with Gasteiger partial charge in [-0.1, -0.05) is 12.1 Å². The number of carbonyl (C=O) groups is 2. The molecule has 0 spiro atoms. The number of rotatable bonds is 4. The summed E-state index contributed by atoms with van der Waals surface area (Å²) < 4.78 is 10.5. The highest BCUT2D eigenvalue weighted by atomic mass is 16.6. The Balaban J connectivity index is 2.05. The molecule has 1 fully saturated rings. The number of benzene rings is 1. The number of carbonyl (C=O) groups excluding carboxylic acids is 2. The molecule has 2 atom stereocenters. The summed E-state index contributed by atoms with van der Waals surface area (Å²) in [4.78, 5) is 25.5. The zero-order valence-corrected chi connectivity index (χ0v) is 14.7. The van der Waals surface area contributed by atoms with Crippen LogP contribution in [0.2, 0.25) is 0 Å². The molecule has 0 radical (unpaired) electrons. The summed E-state index contributed by atoms with van der Waals surface area (Å²) in [7, 11) is 1.63. The highest BCUT2D eigenvalue weighted by Gasteiger charge is 2.40. The Kier molecular flexibility index (Phi) is 5.36. The molecule has 2 N–H and O–H groups in total. The molecule has 1 aliphatic heterocycles. The van der Waals surface area contributed by atoms with Crippen molar-refractivity contribution >= 4 is 12.0 Å². The van der Waals surface area contributed by atoms with Crippen LogP contribution in [0.15, 0.2) is 24.3 Å². The molecular formula is C18H26N2O4. The molecule has 0 aliphatic carbocycles. The van der Waals surface area contributed by atoms with Crippen LogP contribution in [0, 0.1) is 5.92 Å². The Labute approximate surface area is 142 Å². The fraction of sp³-hybridized carbons (Fsp3) is 0.556. The average Bonchev–Trinajstić information content (AvgIpc) is 2.90. The van der Waals surface area contributed by atoms with E-state index < -0.39 is 23.6 Å². The molecule has 1 aromatic rings. The van der Waals surface area contributed by atoms with Crippen molar-refractivity contribution in [2.24, 2.45) is 11.7 Å². The van der Waals surface area contributed by atoms with E-state index in [9.17, 15) is 9.59 Å². The Bertz CT molecular complexity index is 592. The van der Waals surface area contributed by atoms with Crippen molar-refractivity contribution in [3.8, 4) is 5.75 Å². The molecule has 0 saturated carbocycles. The molecule has 1 saturated heterocycles. The quantitative estimate of drug-likeness (QED) is 0.916. The first-order chi connectivity index (χ1) is 11.2. The molecule has 1 aliphatic rings. The van der Waals surface area contributed by atoms with E-state index in [1.165, 1.54) is 4.90 Å². The Morgan fingerprint density at radius 3 is 2.38 bits per heavy atom. The van der Waals surface area contributed by atoms with Gasteiger partial charge in [0.2, 0.25) is 5.91 Å². The molecule has 1 heterocycles. The summed E-state index contributed by atoms with van der Waals surface area (Å²) in [6.45, 7) is 5.87. The lowest BCUT2D eigenvalue weighted by atomic mass is 9.96. The minimum absolute atomic E-state index is 0.170. The minimum Gasteiger partial charge on any atom is -0.497 e. The van der Waals surface area contributed by atoms with E-state index in [2.05, 4.69) is 0 Å². The number of ether oxygens (including phenoxy) is 2. The number of nitrogens with two attached hydrogens (primary N) is 1. The summed E-state index contributed by atoms with van der Waals surface area (Å²) in [6.07, 6.45) is 0.844. The van der Waals surface area contributed by atoms with Gasteiger partial charge in [-0.05, 0) is 57.2 Å². The van der Waals surface area contributed by atoms with Gasteiger partial charge < -0.3 is 15.2 Å². The van der Waals surface area contributed by atoms with Crippen molar-refractivity contribution in [2.75, 3.05) is 13.7 Å². The molecule has 132 valence electrons. The van der Waals surface area contributed by atoms with Gasteiger partial charge >= 0.3 is 6.09 Å². The number of nitrogens with zero attached hydrogens (tertiary/aromatic N) is 1. The number of hydrogen-bond acceptors (Lipinski definition) is 4. The van der Waals surface area contributed by atoms with E-state index in [1.54, 1.807) is 27.9 Å². The van der Waals surface area contributed by atoms with Crippen LogP contribution in [-0.4, -0.2) is 42.2 Å². The third-order valence-corrected chi connectivity index (χ3v) is 4.03. The normalized spacial score (nSPS) is 20.8. The van der Waals surface area contributed by atoms with Gasteiger partial charge in [0.15, 0.2) is 0 Å². The van der Waals surface area contributed by atoms with Crippen LogP contribution in [0.3, 0.4) is 0 Å². The van der Waals surface area contributed by atoms with Gasteiger partial charge in [-0.2, -0.15) is 0 Å². The predicted octanol–water partition coefficient (Wildman–Crippen LogP) is 2.35. The molecule has 1 aromatic carbocycles. The zero-order chi connectivity index (χ0) is 17.9. The summed E-state index contributed by atoms with van der Waals surface area (Å²) in [5, 5.41) is 0. The standard InChI is InChI=1S/C18H26N2O4/c1-18(2,3)24-17(22)20-11-13(10-15(20)16(19)21)9-12-5-7-14(23-4)8-6-12/h5-8,13,15H,9-11H2,1-4H3,(H2,19,21)/t13-,15+/m1/s1. The maximum atomic E-state index is 12.3. The first kappa shape index (κ1) is 18.1. The highest BCUT2D eigenvalue weighted by Crippen LogP contribution is 2.28. The molecule has 6 heteroatoms. The number of likely N-dealkylation sites (tertiary alicyclic amines) is 1. The van der Waals surface area contributed by atoms with E-state index in [0.717, 1.165) is 17.7 Å². The van der Waals surface area contributed by atoms with Crippen molar-refractivity contribution in [3.05, 3.63) is 29.8 Å². The summed E-state index contributed by atoms with van der Waals surface area (Å²) in [6, 6.07) is 7.19. The second-order valence-corrected chi connectivity index (χ2v) is 7.20. The van der Waals surface area contributed by atoms with Crippen LogP contribution >= 0.6 is 0 Å². The second kappa shape index (κ2) is 7.11. The average molecular weight is 334 g/mol. The SMILES string of the molecule is COc1ccc(C[C@@H]2C[C@@H](C(N)=O)N(C(=O)OC(C)(C)C)C2)cc1. The fourth-order valence-corrected chi connectivity index (χ4v) is 2.96. The number of methoxy groups -OCH3 is 1. The van der Waals surface area contributed by atoms with Crippen molar-refractivity contribution in [3.63, 3.8) is 0 Å². The first-order valence-corrected chi connectivity index (χ1v) is 8.11. The molecule has 0 bridgehead atoms. The van der Waals surface area contributed by atoms with Crippen LogP contribution in [0.25, 0.3) is 0 Å². The maximum Gasteiger partial charge on any atom is 0.410 e. The molecule has 2 rings (SSSR count). The third kappa shape index (κ3) is 4.63. The van der Waals surface area contributed by atoms with Crippen LogP contribution in [0.5, 0.6) is 5.75 Å². The van der Waals surface area contributed by atoms with Gasteiger partial charge in [0.1, 0.15) is 17.4 Å². The van der Waals surface area contributed by atoms with Crippen LogP contribution in [0.4, 0.5) is 4.79 Å². The maximum absolute atomic E-state index is 12.3. The van der Waals surface area contributed by atoms with Crippen LogP contribution in [0.1, 0.15) is 32.8 Å². The van der Waals surface area contributed by atoms with Crippen molar-refractivity contribution in [1.82, 2.24) is 4.90 Å². The van der Waals surface area contributed by atoms with E-state index in [-0.39, 0.29) is 5.92 Å². The van der Waals surface area contributed by atoms with Gasteiger partial charge in [-0.3, -0.25) is 9.69 Å². The second-order valence-electron chi connectivity index (χ2n) is 7.20. The highest BCUT2D eigenvalue weighted by molar-refractivity contribution is 5.85. The predicted molar refractivity (Wildman–Crippen MR) is 90.7 cm³/mol. The summed E-state index contributed by atoms with van der Waals surface area (Å²) in [5.74, 6) is 0.483. The third-order valence-electron chi connectivity index (χ3n) is 4.03. The van der Waals surface area contributed by atoms with Gasteiger partial charge in [-0.25, -0.2) is 4.79 Å². The van der Waals surface area contributed by atoms with Gasteiger partial charge in [0.25, 0.3) is 0 Å². The van der Waals surface area contributed by atoms with Crippen LogP contribution < -0.4 is 10.5 Å². The lowest BCUT2D eigenvalue weighted by molar-refractivity contribution is -0.122. The Morgan fingerprint density at radius 2 is 1.88 bits per heavy atom. The molecule has 6 nitrogen and oxygen atoms in total. The van der Waals surface area contributed by atoms with E-state index >= 15 is 0 Å². The number of primary amides is 1. The smallest absolute Gasteiger partial charge is 0.410 e. The molecule has 0 unspecified atom stereocenters. The lowest BCUT2D eigenvalue weighted by Crippen LogP contribution is -2.45. The van der Waals surface area contributed by atoms with Crippen molar-refractivity contribution in [2.45, 2.75) is 45.3 Å². The van der Waals surface area contributed by atoms with Gasteiger partial charge in [0.05, 0.1) is 7.11 Å². The van der Waals surface area contributed by atoms with Crippen LogP contribution in [-0.2, 0) is 16.0 Å². The Morgan fingerprint density at radius 1 is 1.25 bits per heavy atom. The van der Waals surface area contributed by atoms with Crippen molar-refractivity contribution < 1.29 is 19.1 Å². The molecule has 0 aromatic heterocycles. The topological polar surface area (TPSA) is 81.9 Å². The number of hydrogen-bond donors (Lipinski definition) is 1. The Hall–Kier alpha value is -2.24. The fourth-order valence-electron chi connectivity index (χ4n) is 2.96.